The van der Waals surface area contributed by atoms with Gasteiger partial charge in [-0.15, -0.1) is 0 Å². The Morgan fingerprint density at radius 3 is 2.83 bits per heavy atom. The van der Waals surface area contributed by atoms with Crippen LogP contribution in [0.15, 0.2) is 24.7 Å². The van der Waals surface area contributed by atoms with Gasteiger partial charge in [-0.1, -0.05) is 0 Å². The number of nitrogen functional groups attached to an aromatic ring is 1. The normalized spacial score (nSPS) is 11.8. The number of amides is 1. The maximum atomic E-state index is 12.9. The molecule has 0 bridgehead atoms. The van der Waals surface area contributed by atoms with Gasteiger partial charge in [-0.25, -0.2) is 9.50 Å². The first-order chi connectivity index (χ1) is 10.8. The van der Waals surface area contributed by atoms with Crippen molar-refractivity contribution in [2.24, 2.45) is 7.05 Å². The number of hydrogen-bond acceptors (Lipinski definition) is 5. The fourth-order valence-electron chi connectivity index (χ4n) is 2.02. The van der Waals surface area contributed by atoms with Crippen LogP contribution in [0, 0.1) is 0 Å². The average Bonchev–Trinajstić information content (AvgIpc) is 3.01. The summed E-state index contributed by atoms with van der Waals surface area (Å²) in [6.07, 6.45) is -0.942. The third-order valence-corrected chi connectivity index (χ3v) is 2.98. The summed E-state index contributed by atoms with van der Waals surface area (Å²) in [6, 6.07) is 1.48. The van der Waals surface area contributed by atoms with Gasteiger partial charge >= 0.3 is 6.18 Å². The largest absolute Gasteiger partial charge is 0.437 e. The van der Waals surface area contributed by atoms with E-state index in [1.165, 1.54) is 30.0 Å². The molecule has 0 aliphatic rings. The minimum absolute atomic E-state index is 0.00530. The lowest BCUT2D eigenvalue weighted by molar-refractivity contribution is -0.140. The number of aromatic nitrogens is 5. The Morgan fingerprint density at radius 2 is 2.13 bits per heavy atom. The predicted molar refractivity (Wildman–Crippen MR) is 73.6 cm³/mol. The number of fused-ring (bicyclic) bond motifs is 1. The van der Waals surface area contributed by atoms with Crippen LogP contribution >= 0.6 is 0 Å². The second-order valence-electron chi connectivity index (χ2n) is 4.70. The molecule has 0 radical (unpaired) electrons. The Labute approximate surface area is 126 Å². The second-order valence-corrected chi connectivity index (χ2v) is 4.70. The van der Waals surface area contributed by atoms with E-state index in [2.05, 4.69) is 20.5 Å². The minimum Gasteiger partial charge on any atom is -0.384 e. The van der Waals surface area contributed by atoms with Crippen molar-refractivity contribution in [3.63, 3.8) is 0 Å². The Hall–Kier alpha value is -3.11. The molecular weight excluding hydrogens is 315 g/mol. The van der Waals surface area contributed by atoms with E-state index >= 15 is 0 Å². The lowest BCUT2D eigenvalue weighted by Gasteiger charge is -2.07. The van der Waals surface area contributed by atoms with Crippen molar-refractivity contribution in [1.82, 2.24) is 24.4 Å². The number of anilines is 2. The van der Waals surface area contributed by atoms with Crippen LogP contribution in [0.25, 0.3) is 5.65 Å². The van der Waals surface area contributed by atoms with E-state index in [9.17, 15) is 18.0 Å². The third-order valence-electron chi connectivity index (χ3n) is 2.98. The van der Waals surface area contributed by atoms with Gasteiger partial charge in [0, 0.05) is 19.4 Å². The highest BCUT2D eigenvalue weighted by Crippen LogP contribution is 2.33. The maximum absolute atomic E-state index is 12.9. The van der Waals surface area contributed by atoms with E-state index in [0.717, 1.165) is 10.9 Å². The number of rotatable bonds is 2. The summed E-state index contributed by atoms with van der Waals surface area (Å²) in [5.74, 6) is -0.638. The molecule has 0 saturated carbocycles. The first-order valence-electron chi connectivity index (χ1n) is 6.28. The van der Waals surface area contributed by atoms with Gasteiger partial charge in [0.15, 0.2) is 11.3 Å². The smallest absolute Gasteiger partial charge is 0.384 e. The monoisotopic (exact) mass is 325 g/mol. The molecule has 0 atom stereocenters. The van der Waals surface area contributed by atoms with Crippen LogP contribution in [0.1, 0.15) is 16.1 Å². The van der Waals surface area contributed by atoms with Gasteiger partial charge in [0.25, 0.3) is 5.91 Å². The number of carbonyl (C=O) groups excluding carboxylic acids is 1. The van der Waals surface area contributed by atoms with Gasteiger partial charge in [0.05, 0.1) is 11.9 Å². The van der Waals surface area contributed by atoms with Crippen LogP contribution in [0.2, 0.25) is 0 Å². The molecule has 0 unspecified atom stereocenters. The SMILES string of the molecule is Cn1cc(NC(=O)c2cnn3ccc(N)nc23)c(C(F)(F)F)n1. The summed E-state index contributed by atoms with van der Waals surface area (Å²) in [5, 5.41) is 9.38. The molecule has 0 saturated heterocycles. The highest BCUT2D eigenvalue weighted by atomic mass is 19.4. The molecule has 3 aromatic heterocycles. The molecule has 0 aromatic carbocycles. The Morgan fingerprint density at radius 1 is 1.39 bits per heavy atom. The molecule has 120 valence electrons. The molecule has 1 amide bonds. The van der Waals surface area contributed by atoms with Crippen molar-refractivity contribution in [3.8, 4) is 0 Å². The van der Waals surface area contributed by atoms with E-state index in [1.807, 2.05) is 0 Å². The number of alkyl halides is 3. The summed E-state index contributed by atoms with van der Waals surface area (Å²) in [6.45, 7) is 0. The van der Waals surface area contributed by atoms with Gasteiger partial charge in [-0.3, -0.25) is 9.48 Å². The van der Waals surface area contributed by atoms with E-state index in [1.54, 1.807) is 0 Å². The van der Waals surface area contributed by atoms with Crippen molar-refractivity contribution < 1.29 is 18.0 Å². The van der Waals surface area contributed by atoms with Crippen LogP contribution in [0.3, 0.4) is 0 Å². The number of halogens is 3. The zero-order valence-electron chi connectivity index (χ0n) is 11.7. The second kappa shape index (κ2) is 4.97. The van der Waals surface area contributed by atoms with E-state index < -0.39 is 23.5 Å². The zero-order valence-corrected chi connectivity index (χ0v) is 11.7. The number of hydrogen-bond donors (Lipinski definition) is 2. The van der Waals surface area contributed by atoms with Crippen molar-refractivity contribution >= 4 is 23.1 Å². The summed E-state index contributed by atoms with van der Waals surface area (Å²) >= 11 is 0. The van der Waals surface area contributed by atoms with E-state index in [4.69, 9.17) is 5.73 Å². The molecule has 8 nitrogen and oxygen atoms in total. The molecule has 11 heteroatoms. The topological polar surface area (TPSA) is 103 Å². The summed E-state index contributed by atoms with van der Waals surface area (Å²) in [4.78, 5) is 16.2. The quantitative estimate of drug-likeness (QED) is 0.739. The molecule has 3 N–H and O–H groups in total. The molecular formula is C12H10F3N7O. The molecule has 3 aromatic rings. The number of nitrogens with one attached hydrogen (secondary N) is 1. The van der Waals surface area contributed by atoms with Crippen LogP contribution in [-0.2, 0) is 13.2 Å². The van der Waals surface area contributed by atoms with Crippen LogP contribution in [0.5, 0.6) is 0 Å². The lowest BCUT2D eigenvalue weighted by Crippen LogP contribution is -2.16. The van der Waals surface area contributed by atoms with Gasteiger partial charge in [0.2, 0.25) is 0 Å². The first-order valence-corrected chi connectivity index (χ1v) is 6.28. The third kappa shape index (κ3) is 2.67. The van der Waals surface area contributed by atoms with Gasteiger partial charge in [0.1, 0.15) is 11.4 Å². The fourth-order valence-corrected chi connectivity index (χ4v) is 2.02. The van der Waals surface area contributed by atoms with Gasteiger partial charge in [-0.2, -0.15) is 23.4 Å². The highest BCUT2D eigenvalue weighted by molar-refractivity contribution is 6.08. The molecule has 0 aliphatic carbocycles. The molecule has 0 aliphatic heterocycles. The van der Waals surface area contributed by atoms with Crippen molar-refractivity contribution in [2.45, 2.75) is 6.18 Å². The minimum atomic E-state index is -4.69. The Balaban J connectivity index is 1.97. The zero-order chi connectivity index (χ0) is 16.8. The molecule has 23 heavy (non-hydrogen) atoms. The molecule has 0 spiro atoms. The average molecular weight is 325 g/mol. The van der Waals surface area contributed by atoms with Crippen LogP contribution < -0.4 is 11.1 Å². The van der Waals surface area contributed by atoms with Crippen LogP contribution in [-0.4, -0.2) is 30.3 Å². The molecule has 3 heterocycles. The number of aryl methyl sites for hydroxylation is 1. The standard InChI is InChI=1S/C12H10F3N7O/c1-21-5-7(9(20-21)12(13,14)15)18-11(23)6-4-17-22-3-2-8(16)19-10(6)22/h2-5H,1H3,(H2,16,19)(H,18,23). The molecule has 0 fully saturated rings. The van der Waals surface area contributed by atoms with Crippen molar-refractivity contribution in [3.05, 3.63) is 35.9 Å². The predicted octanol–water partition coefficient (Wildman–Crippen LogP) is 1.32. The Bertz CT molecular complexity index is 896. The van der Waals surface area contributed by atoms with E-state index in [-0.39, 0.29) is 17.0 Å². The maximum Gasteiger partial charge on any atom is 0.437 e. The first kappa shape index (κ1) is 14.8. The Kier molecular flexibility index (Phi) is 3.20. The number of carbonyl (C=O) groups is 1. The fraction of sp³-hybridized carbons (Fsp3) is 0.167. The van der Waals surface area contributed by atoms with Crippen LogP contribution in [0.4, 0.5) is 24.7 Å². The lowest BCUT2D eigenvalue weighted by atomic mass is 10.3. The highest BCUT2D eigenvalue weighted by Gasteiger charge is 2.37. The summed E-state index contributed by atoms with van der Waals surface area (Å²) < 4.78 is 40.9. The van der Waals surface area contributed by atoms with E-state index in [0.29, 0.717) is 0 Å². The van der Waals surface area contributed by atoms with Gasteiger partial charge < -0.3 is 11.1 Å². The van der Waals surface area contributed by atoms with Crippen molar-refractivity contribution in [1.29, 1.82) is 0 Å². The number of nitrogens with two attached hydrogens (primary N) is 1. The number of nitrogens with zero attached hydrogens (tertiary/aromatic N) is 5. The van der Waals surface area contributed by atoms with Gasteiger partial charge in [-0.05, 0) is 6.07 Å². The van der Waals surface area contributed by atoms with Crippen molar-refractivity contribution in [2.75, 3.05) is 11.1 Å². The summed E-state index contributed by atoms with van der Waals surface area (Å²) in [5.41, 5.74) is 4.04. The summed E-state index contributed by atoms with van der Waals surface area (Å²) in [7, 11) is 1.32. The molecule has 3 rings (SSSR count).